The van der Waals surface area contributed by atoms with Gasteiger partial charge in [0.05, 0.1) is 0 Å². The van der Waals surface area contributed by atoms with Crippen LogP contribution in [-0.2, 0) is 11.8 Å². The topological polar surface area (TPSA) is 82.2 Å². The van der Waals surface area contributed by atoms with Crippen LogP contribution in [-0.4, -0.2) is 33.8 Å². The fraction of sp³-hybridized carbons (Fsp3) is 0.588. The molecule has 0 unspecified atom stereocenters. The number of amides is 1. The highest BCUT2D eigenvalue weighted by atomic mass is 16.5. The lowest BCUT2D eigenvalue weighted by Crippen LogP contribution is -2.31. The standard InChI is InChI=1S/C17H22N4O3/c1-10-3-6-13(21(10)2)16(22)18-9-12-7-8-23-14(12)17-19-15(20-24-17)11-4-5-11/h3,6,11-12,14H,4-5,7-9H2,1-2H3,(H,18,22)/t12-,14-/m0/s1. The molecule has 2 aromatic rings. The third-order valence-electron chi connectivity index (χ3n) is 4.99. The van der Waals surface area contributed by atoms with E-state index < -0.39 is 0 Å². The average molecular weight is 330 g/mol. The summed E-state index contributed by atoms with van der Waals surface area (Å²) in [7, 11) is 1.89. The quantitative estimate of drug-likeness (QED) is 0.908. The number of aryl methyl sites for hydroxylation is 1. The SMILES string of the molecule is Cc1ccc(C(=O)NC[C@@H]2CCO[C@@H]2c2nc(C3CC3)no2)n1C. The monoisotopic (exact) mass is 330 g/mol. The number of ether oxygens (including phenoxy) is 1. The Kier molecular flexibility index (Phi) is 3.88. The summed E-state index contributed by atoms with van der Waals surface area (Å²) in [5, 5.41) is 7.06. The number of aromatic nitrogens is 3. The Morgan fingerprint density at radius 3 is 2.92 bits per heavy atom. The number of nitrogens with zero attached hydrogens (tertiary/aromatic N) is 3. The Balaban J connectivity index is 1.39. The van der Waals surface area contributed by atoms with Gasteiger partial charge in [-0.3, -0.25) is 4.79 Å². The second kappa shape index (κ2) is 6.05. The molecule has 4 rings (SSSR count). The van der Waals surface area contributed by atoms with Crippen LogP contribution in [0, 0.1) is 12.8 Å². The van der Waals surface area contributed by atoms with E-state index in [0.717, 1.165) is 30.8 Å². The molecule has 1 N–H and O–H groups in total. The van der Waals surface area contributed by atoms with Gasteiger partial charge in [-0.25, -0.2) is 0 Å². The van der Waals surface area contributed by atoms with Crippen LogP contribution in [0.1, 0.15) is 59.2 Å². The average Bonchev–Trinajstić information content (AvgIpc) is 2.99. The maximum absolute atomic E-state index is 12.4. The molecule has 2 aromatic heterocycles. The van der Waals surface area contributed by atoms with Crippen molar-refractivity contribution in [3.63, 3.8) is 0 Å². The minimum Gasteiger partial charge on any atom is -0.368 e. The zero-order valence-electron chi connectivity index (χ0n) is 14.0. The molecule has 2 fully saturated rings. The highest BCUT2D eigenvalue weighted by Crippen LogP contribution is 2.40. The summed E-state index contributed by atoms with van der Waals surface area (Å²) >= 11 is 0. The van der Waals surface area contributed by atoms with Crippen molar-refractivity contribution in [3.05, 3.63) is 35.2 Å². The van der Waals surface area contributed by atoms with Crippen molar-refractivity contribution < 1.29 is 14.1 Å². The van der Waals surface area contributed by atoms with E-state index in [4.69, 9.17) is 9.26 Å². The molecule has 2 atom stereocenters. The minimum atomic E-state index is -0.222. The van der Waals surface area contributed by atoms with Crippen LogP contribution in [0.25, 0.3) is 0 Å². The number of hydrogen-bond acceptors (Lipinski definition) is 5. The lowest BCUT2D eigenvalue weighted by atomic mass is 10.0. The number of rotatable bonds is 5. The van der Waals surface area contributed by atoms with Gasteiger partial charge in [0.1, 0.15) is 11.8 Å². The Morgan fingerprint density at radius 1 is 1.38 bits per heavy atom. The lowest BCUT2D eigenvalue weighted by molar-refractivity contribution is 0.0612. The van der Waals surface area contributed by atoms with Crippen molar-refractivity contribution in [2.45, 2.75) is 38.2 Å². The molecule has 1 saturated heterocycles. The zero-order valence-corrected chi connectivity index (χ0v) is 14.0. The third-order valence-corrected chi connectivity index (χ3v) is 4.99. The van der Waals surface area contributed by atoms with Crippen LogP contribution in [0.2, 0.25) is 0 Å². The van der Waals surface area contributed by atoms with Crippen LogP contribution < -0.4 is 5.32 Å². The first-order valence-corrected chi connectivity index (χ1v) is 8.49. The van der Waals surface area contributed by atoms with E-state index in [-0.39, 0.29) is 17.9 Å². The van der Waals surface area contributed by atoms with Gasteiger partial charge >= 0.3 is 0 Å². The fourth-order valence-corrected chi connectivity index (χ4v) is 3.14. The molecule has 2 aliphatic rings. The van der Waals surface area contributed by atoms with E-state index >= 15 is 0 Å². The van der Waals surface area contributed by atoms with Crippen LogP contribution in [0.5, 0.6) is 0 Å². The van der Waals surface area contributed by atoms with Gasteiger partial charge in [0.2, 0.25) is 0 Å². The van der Waals surface area contributed by atoms with E-state index in [1.165, 1.54) is 0 Å². The van der Waals surface area contributed by atoms with Crippen molar-refractivity contribution in [1.29, 1.82) is 0 Å². The highest BCUT2D eigenvalue weighted by Gasteiger charge is 2.36. The van der Waals surface area contributed by atoms with Gasteiger partial charge in [0.15, 0.2) is 5.82 Å². The van der Waals surface area contributed by atoms with Gasteiger partial charge in [-0.05, 0) is 38.3 Å². The van der Waals surface area contributed by atoms with Crippen molar-refractivity contribution in [3.8, 4) is 0 Å². The molecule has 1 saturated carbocycles. The molecule has 0 bridgehead atoms. The fourth-order valence-electron chi connectivity index (χ4n) is 3.14. The Bertz CT molecular complexity index is 747. The molecule has 128 valence electrons. The van der Waals surface area contributed by atoms with E-state index in [1.54, 1.807) is 0 Å². The summed E-state index contributed by atoms with van der Waals surface area (Å²) in [5.74, 6) is 1.89. The largest absolute Gasteiger partial charge is 0.368 e. The number of carbonyl (C=O) groups is 1. The third kappa shape index (κ3) is 2.84. The van der Waals surface area contributed by atoms with Gasteiger partial charge in [0, 0.05) is 37.7 Å². The Labute approximate surface area is 140 Å². The van der Waals surface area contributed by atoms with Crippen LogP contribution in [0.3, 0.4) is 0 Å². The van der Waals surface area contributed by atoms with E-state index in [9.17, 15) is 4.79 Å². The summed E-state index contributed by atoms with van der Waals surface area (Å²) in [6.45, 7) is 3.16. The van der Waals surface area contributed by atoms with Crippen LogP contribution >= 0.6 is 0 Å². The van der Waals surface area contributed by atoms with Crippen molar-refractivity contribution in [2.75, 3.05) is 13.2 Å². The summed E-state index contributed by atoms with van der Waals surface area (Å²) in [5.41, 5.74) is 1.72. The number of nitrogens with one attached hydrogen (secondary N) is 1. The molecular formula is C17H22N4O3. The van der Waals surface area contributed by atoms with Crippen molar-refractivity contribution in [1.82, 2.24) is 20.0 Å². The van der Waals surface area contributed by atoms with Crippen LogP contribution in [0.15, 0.2) is 16.7 Å². The highest BCUT2D eigenvalue weighted by molar-refractivity contribution is 5.92. The maximum Gasteiger partial charge on any atom is 0.267 e. The molecule has 3 heterocycles. The molecule has 7 heteroatoms. The molecule has 1 aliphatic heterocycles. The summed E-state index contributed by atoms with van der Waals surface area (Å²) in [4.78, 5) is 16.8. The summed E-state index contributed by atoms with van der Waals surface area (Å²) in [6.07, 6.45) is 2.93. The molecular weight excluding hydrogens is 308 g/mol. The molecule has 0 spiro atoms. The maximum atomic E-state index is 12.4. The zero-order chi connectivity index (χ0) is 16.7. The smallest absolute Gasteiger partial charge is 0.267 e. The molecule has 24 heavy (non-hydrogen) atoms. The first-order valence-electron chi connectivity index (χ1n) is 8.49. The predicted octanol–water partition coefficient (Wildman–Crippen LogP) is 2.10. The normalized spacial score (nSPS) is 23.6. The lowest BCUT2D eigenvalue weighted by Gasteiger charge is -2.16. The van der Waals surface area contributed by atoms with Crippen LogP contribution in [0.4, 0.5) is 0 Å². The summed E-state index contributed by atoms with van der Waals surface area (Å²) in [6, 6.07) is 3.78. The van der Waals surface area contributed by atoms with E-state index in [0.29, 0.717) is 30.7 Å². The molecule has 0 radical (unpaired) electrons. The molecule has 1 amide bonds. The molecule has 7 nitrogen and oxygen atoms in total. The van der Waals surface area contributed by atoms with E-state index in [2.05, 4.69) is 15.5 Å². The number of hydrogen-bond donors (Lipinski definition) is 1. The predicted molar refractivity (Wildman–Crippen MR) is 85.6 cm³/mol. The Morgan fingerprint density at radius 2 is 2.21 bits per heavy atom. The van der Waals surface area contributed by atoms with Crippen molar-refractivity contribution in [2.24, 2.45) is 13.0 Å². The first-order chi connectivity index (χ1) is 11.6. The Hall–Kier alpha value is -2.15. The first kappa shape index (κ1) is 15.4. The second-order valence-corrected chi connectivity index (χ2v) is 6.73. The van der Waals surface area contributed by atoms with Gasteiger partial charge in [-0.1, -0.05) is 5.16 Å². The minimum absolute atomic E-state index is 0.0690. The number of carbonyl (C=O) groups excluding carboxylic acids is 1. The van der Waals surface area contributed by atoms with E-state index in [1.807, 2.05) is 30.7 Å². The second-order valence-electron chi connectivity index (χ2n) is 6.73. The molecule has 1 aliphatic carbocycles. The van der Waals surface area contributed by atoms with Gasteiger partial charge in [-0.2, -0.15) is 4.98 Å². The van der Waals surface area contributed by atoms with Gasteiger partial charge < -0.3 is 19.1 Å². The van der Waals surface area contributed by atoms with Gasteiger partial charge in [0.25, 0.3) is 11.8 Å². The summed E-state index contributed by atoms with van der Waals surface area (Å²) < 4.78 is 13.1. The van der Waals surface area contributed by atoms with Crippen molar-refractivity contribution >= 4 is 5.91 Å². The molecule has 0 aromatic carbocycles. The van der Waals surface area contributed by atoms with Gasteiger partial charge in [-0.15, -0.1) is 0 Å².